The molecule has 2 heterocycles. The van der Waals surface area contributed by atoms with E-state index in [4.69, 9.17) is 4.74 Å². The van der Waals surface area contributed by atoms with Gasteiger partial charge < -0.3 is 9.84 Å². The monoisotopic (exact) mass is 470 g/mol. The van der Waals surface area contributed by atoms with E-state index in [0.29, 0.717) is 11.9 Å². The molecule has 2 fully saturated rings. The van der Waals surface area contributed by atoms with Crippen LogP contribution in [0.1, 0.15) is 63.9 Å². The van der Waals surface area contributed by atoms with Gasteiger partial charge in [0.05, 0.1) is 23.9 Å². The summed E-state index contributed by atoms with van der Waals surface area (Å²) < 4.78 is 5.40. The number of thioether (sulfide) groups is 1. The molecule has 1 unspecified atom stereocenters. The highest BCUT2D eigenvalue weighted by Gasteiger charge is 2.36. The summed E-state index contributed by atoms with van der Waals surface area (Å²) in [5, 5.41) is 12.3. The Labute approximate surface area is 202 Å². The smallest absolute Gasteiger partial charge is 0.308 e. The number of aryl methyl sites for hydroxylation is 1. The van der Waals surface area contributed by atoms with Crippen molar-refractivity contribution in [1.29, 1.82) is 0 Å². The van der Waals surface area contributed by atoms with Crippen molar-refractivity contribution in [1.82, 2.24) is 9.88 Å². The number of carboxylic acids is 1. The van der Waals surface area contributed by atoms with Crippen molar-refractivity contribution in [2.75, 3.05) is 20.2 Å². The highest BCUT2D eigenvalue weighted by molar-refractivity contribution is 8.00. The summed E-state index contributed by atoms with van der Waals surface area (Å²) in [5.41, 5.74) is 2.25. The number of piperidine rings is 1. The van der Waals surface area contributed by atoms with Crippen LogP contribution < -0.4 is 4.74 Å². The number of aromatic nitrogens is 1. The van der Waals surface area contributed by atoms with Gasteiger partial charge in [-0.05, 0) is 87.7 Å². The molecule has 1 aliphatic heterocycles. The molecule has 6 heteroatoms. The van der Waals surface area contributed by atoms with Crippen LogP contribution in [0.4, 0.5) is 0 Å². The first-order valence-electron chi connectivity index (χ1n) is 12.6. The Bertz CT molecular complexity index is 931. The van der Waals surface area contributed by atoms with Gasteiger partial charge in [0.15, 0.2) is 0 Å². The third kappa shape index (κ3) is 6.21. The number of benzene rings is 1. The average Bonchev–Trinajstić information content (AvgIpc) is 2.84. The van der Waals surface area contributed by atoms with Crippen molar-refractivity contribution in [3.63, 3.8) is 0 Å². The molecular formula is C27H38N2O3S. The van der Waals surface area contributed by atoms with Crippen molar-refractivity contribution in [3.05, 3.63) is 36.0 Å². The number of carbonyl (C=O) groups is 1. The number of hydrogen-bond donors (Lipinski definition) is 1. The zero-order valence-electron chi connectivity index (χ0n) is 20.0. The van der Waals surface area contributed by atoms with E-state index < -0.39 is 5.97 Å². The summed E-state index contributed by atoms with van der Waals surface area (Å²) in [4.78, 5) is 19.0. The highest BCUT2D eigenvalue weighted by Crippen LogP contribution is 2.36. The molecule has 1 N–H and O–H groups in total. The van der Waals surface area contributed by atoms with E-state index in [9.17, 15) is 9.90 Å². The summed E-state index contributed by atoms with van der Waals surface area (Å²) in [6.07, 6.45) is 12.5. The summed E-state index contributed by atoms with van der Waals surface area (Å²) in [6, 6.07) is 8.09. The van der Waals surface area contributed by atoms with Gasteiger partial charge in [-0.25, -0.2) is 0 Å². The maximum Gasteiger partial charge on any atom is 0.308 e. The van der Waals surface area contributed by atoms with Crippen LogP contribution in [-0.4, -0.2) is 51.8 Å². The number of nitrogens with zero attached hydrogens (tertiary/aromatic N) is 2. The minimum atomic E-state index is -0.626. The zero-order chi connectivity index (χ0) is 23.2. The second-order valence-corrected chi connectivity index (χ2v) is 11.4. The van der Waals surface area contributed by atoms with Crippen LogP contribution in [0.25, 0.3) is 10.9 Å². The van der Waals surface area contributed by atoms with Crippen molar-refractivity contribution in [3.8, 4) is 5.75 Å². The molecule has 1 aliphatic carbocycles. The van der Waals surface area contributed by atoms with Crippen LogP contribution in [0.15, 0.2) is 30.5 Å². The Balaban J connectivity index is 1.33. The number of aliphatic carboxylic acids is 1. The molecule has 4 rings (SSSR count). The van der Waals surface area contributed by atoms with E-state index >= 15 is 0 Å². The van der Waals surface area contributed by atoms with Gasteiger partial charge in [0.2, 0.25) is 0 Å². The zero-order valence-corrected chi connectivity index (χ0v) is 20.9. The van der Waals surface area contributed by atoms with Gasteiger partial charge in [0.25, 0.3) is 0 Å². The van der Waals surface area contributed by atoms with Crippen molar-refractivity contribution >= 4 is 28.6 Å². The number of ether oxygens (including phenoxy) is 1. The molecule has 0 amide bonds. The lowest BCUT2D eigenvalue weighted by Gasteiger charge is -2.40. The molecule has 5 nitrogen and oxygen atoms in total. The van der Waals surface area contributed by atoms with Gasteiger partial charge in [-0.3, -0.25) is 14.7 Å². The van der Waals surface area contributed by atoms with Gasteiger partial charge in [-0.1, -0.05) is 19.3 Å². The first-order valence-corrected chi connectivity index (χ1v) is 13.5. The number of methoxy groups -OCH3 is 1. The second kappa shape index (κ2) is 11.6. The van der Waals surface area contributed by atoms with E-state index in [2.05, 4.69) is 40.7 Å². The molecule has 33 heavy (non-hydrogen) atoms. The first kappa shape index (κ1) is 24.3. The predicted octanol–water partition coefficient (Wildman–Crippen LogP) is 6.00. The van der Waals surface area contributed by atoms with Gasteiger partial charge in [0, 0.05) is 23.4 Å². The number of fused-ring (bicyclic) bond motifs is 1. The molecule has 2 aromatic rings. The summed E-state index contributed by atoms with van der Waals surface area (Å²) in [6.45, 7) is 3.99. The minimum Gasteiger partial charge on any atom is -0.497 e. The van der Waals surface area contributed by atoms with Crippen LogP contribution in [0.2, 0.25) is 0 Å². The lowest BCUT2D eigenvalue weighted by molar-refractivity contribution is -0.146. The molecule has 0 bridgehead atoms. The standard InChI is InChI=1S/C27H38N2O3S/c1-19(33-23-9-4-3-5-10-23)29-16-14-21(25(18-29)27(30)31)8-6-7-20-13-15-28-26-12-11-22(32-2)17-24(20)26/h11-13,15,17,19,21,23,25H,3-10,14,16,18H2,1-2H3,(H,30,31)/t19?,21-,25+/m1/s1. The van der Waals surface area contributed by atoms with Gasteiger partial charge in [-0.15, -0.1) is 11.8 Å². The number of rotatable bonds is 9. The molecule has 2 aliphatic rings. The molecule has 1 aromatic carbocycles. The Morgan fingerprint density at radius 1 is 1.24 bits per heavy atom. The maximum absolute atomic E-state index is 12.1. The van der Waals surface area contributed by atoms with Crippen LogP contribution >= 0.6 is 11.8 Å². The van der Waals surface area contributed by atoms with E-state index in [1.807, 2.05) is 18.3 Å². The van der Waals surface area contributed by atoms with E-state index in [0.717, 1.165) is 54.1 Å². The van der Waals surface area contributed by atoms with Crippen LogP contribution in [0, 0.1) is 11.8 Å². The molecule has 0 radical (unpaired) electrons. The molecule has 1 saturated heterocycles. The van der Waals surface area contributed by atoms with Crippen LogP contribution in [0.5, 0.6) is 5.75 Å². The molecule has 1 saturated carbocycles. The minimum absolute atomic E-state index is 0.258. The lowest BCUT2D eigenvalue weighted by atomic mass is 9.81. The van der Waals surface area contributed by atoms with Gasteiger partial charge in [0.1, 0.15) is 5.75 Å². The third-order valence-electron chi connectivity index (χ3n) is 7.62. The summed E-state index contributed by atoms with van der Waals surface area (Å²) >= 11 is 2.08. The molecule has 1 aromatic heterocycles. The second-order valence-electron chi connectivity index (χ2n) is 9.73. The fraction of sp³-hybridized carbons (Fsp3) is 0.630. The number of hydrogen-bond acceptors (Lipinski definition) is 5. The lowest BCUT2D eigenvalue weighted by Crippen LogP contribution is -2.47. The predicted molar refractivity (Wildman–Crippen MR) is 136 cm³/mol. The van der Waals surface area contributed by atoms with Crippen LogP contribution in [0.3, 0.4) is 0 Å². The molecule has 0 spiro atoms. The average molecular weight is 471 g/mol. The SMILES string of the molecule is COc1ccc2nccc(CCC[C@@H]3CCN(C(C)SC4CCCCC4)C[C@@H]3C(=O)O)c2c1. The highest BCUT2D eigenvalue weighted by atomic mass is 32.2. The Kier molecular flexibility index (Phi) is 8.53. The Morgan fingerprint density at radius 2 is 2.06 bits per heavy atom. The number of pyridine rings is 1. The molecule has 3 atom stereocenters. The topological polar surface area (TPSA) is 62.7 Å². The van der Waals surface area contributed by atoms with Crippen molar-refractivity contribution in [2.45, 2.75) is 75.3 Å². The summed E-state index contributed by atoms with van der Waals surface area (Å²) in [7, 11) is 1.68. The van der Waals surface area contributed by atoms with Gasteiger partial charge in [-0.2, -0.15) is 0 Å². The normalized spacial score (nSPS) is 23.5. The van der Waals surface area contributed by atoms with Crippen molar-refractivity contribution in [2.24, 2.45) is 11.8 Å². The van der Waals surface area contributed by atoms with E-state index in [1.165, 1.54) is 37.7 Å². The number of carboxylic acid groups (broad SMARTS) is 1. The van der Waals surface area contributed by atoms with Crippen molar-refractivity contribution < 1.29 is 14.6 Å². The fourth-order valence-electron chi connectivity index (χ4n) is 5.63. The molecule has 180 valence electrons. The van der Waals surface area contributed by atoms with E-state index in [-0.39, 0.29) is 11.8 Å². The van der Waals surface area contributed by atoms with Gasteiger partial charge >= 0.3 is 5.97 Å². The summed E-state index contributed by atoms with van der Waals surface area (Å²) in [5.74, 6) is 0.213. The third-order valence-corrected chi connectivity index (χ3v) is 9.17. The fourth-order valence-corrected chi connectivity index (χ4v) is 7.16. The first-order chi connectivity index (χ1) is 16.0. The molecular weight excluding hydrogens is 432 g/mol. The Morgan fingerprint density at radius 3 is 2.82 bits per heavy atom. The quantitative estimate of drug-likeness (QED) is 0.485. The van der Waals surface area contributed by atoms with E-state index in [1.54, 1.807) is 7.11 Å². The van der Waals surface area contributed by atoms with Crippen LogP contribution in [-0.2, 0) is 11.2 Å². The maximum atomic E-state index is 12.1. The number of likely N-dealkylation sites (tertiary alicyclic amines) is 1. The largest absolute Gasteiger partial charge is 0.497 e. The Hall–Kier alpha value is -1.79.